The number of imidazole rings is 1. The minimum Gasteiger partial charge on any atom is -0.478 e. The number of fused-ring (bicyclic) bond motifs is 1. The van der Waals surface area contributed by atoms with Gasteiger partial charge in [-0.2, -0.15) is 0 Å². The average molecular weight is 237 g/mol. The molecule has 3 aromatic rings. The van der Waals surface area contributed by atoms with Gasteiger partial charge in [-0.3, -0.25) is 0 Å². The second-order valence-corrected chi connectivity index (χ2v) is 3.91. The quantitative estimate of drug-likeness (QED) is 0.720. The largest absolute Gasteiger partial charge is 0.478 e. The van der Waals surface area contributed by atoms with Gasteiger partial charge in [0.25, 0.3) is 0 Å². The molecule has 0 aliphatic rings. The summed E-state index contributed by atoms with van der Waals surface area (Å²) in [7, 11) is 0. The van der Waals surface area contributed by atoms with Gasteiger partial charge in [0.1, 0.15) is 5.82 Å². The molecule has 1 radical (unpaired) electrons. The maximum Gasteiger partial charge on any atom is 0.335 e. The van der Waals surface area contributed by atoms with Gasteiger partial charge in [-0.1, -0.05) is 18.2 Å². The molecule has 4 nitrogen and oxygen atoms in total. The Balaban J connectivity index is 2.06. The van der Waals surface area contributed by atoms with Crippen LogP contribution in [0.1, 0.15) is 10.4 Å². The molecule has 0 unspecified atom stereocenters. The van der Waals surface area contributed by atoms with Crippen LogP contribution >= 0.6 is 0 Å². The van der Waals surface area contributed by atoms with Crippen molar-refractivity contribution in [1.29, 1.82) is 0 Å². The number of benzene rings is 2. The van der Waals surface area contributed by atoms with E-state index in [1.54, 1.807) is 30.3 Å². The maximum absolute atomic E-state index is 10.8. The zero-order chi connectivity index (χ0) is 12.5. The standard InChI is InChI=1S/C14H9N2O2/c17-14(18)10-7-5-9(6-8-10)13-15-11-3-1-2-4-12(11)16-13/h1,3-8H,(H,15,16)(H,17,18). The van der Waals surface area contributed by atoms with E-state index < -0.39 is 5.97 Å². The lowest BCUT2D eigenvalue weighted by atomic mass is 10.1. The second-order valence-electron chi connectivity index (χ2n) is 3.91. The van der Waals surface area contributed by atoms with E-state index >= 15 is 0 Å². The molecule has 0 fully saturated rings. The van der Waals surface area contributed by atoms with Crippen LogP contribution in [0.25, 0.3) is 22.4 Å². The Morgan fingerprint density at radius 1 is 1.22 bits per heavy atom. The van der Waals surface area contributed by atoms with Crippen molar-refractivity contribution in [3.63, 3.8) is 0 Å². The van der Waals surface area contributed by atoms with Gasteiger partial charge in [0.05, 0.1) is 16.6 Å². The fraction of sp³-hybridized carbons (Fsp3) is 0. The maximum atomic E-state index is 10.8. The molecule has 87 valence electrons. The highest BCUT2D eigenvalue weighted by molar-refractivity contribution is 5.88. The first kappa shape index (κ1) is 10.5. The van der Waals surface area contributed by atoms with Crippen LogP contribution in [-0.2, 0) is 0 Å². The number of carbonyl (C=O) groups is 1. The molecule has 0 aliphatic heterocycles. The van der Waals surface area contributed by atoms with Gasteiger partial charge in [-0.25, -0.2) is 9.78 Å². The monoisotopic (exact) mass is 237 g/mol. The number of carboxylic acids is 1. The van der Waals surface area contributed by atoms with Crippen LogP contribution in [0.4, 0.5) is 0 Å². The summed E-state index contributed by atoms with van der Waals surface area (Å²) < 4.78 is 0. The molecule has 1 aromatic heterocycles. The number of H-pyrrole nitrogens is 1. The number of aromatic amines is 1. The van der Waals surface area contributed by atoms with Gasteiger partial charge in [0.15, 0.2) is 0 Å². The van der Waals surface area contributed by atoms with Gasteiger partial charge in [0.2, 0.25) is 0 Å². The number of aromatic nitrogens is 2. The normalized spacial score (nSPS) is 10.7. The number of carboxylic acid groups (broad SMARTS) is 1. The predicted molar refractivity (Wildman–Crippen MR) is 67.3 cm³/mol. The third kappa shape index (κ3) is 1.73. The molecule has 2 aromatic carbocycles. The van der Waals surface area contributed by atoms with Crippen LogP contribution in [0.5, 0.6) is 0 Å². The molecule has 0 spiro atoms. The molecule has 3 rings (SSSR count). The first-order valence-electron chi connectivity index (χ1n) is 5.43. The van der Waals surface area contributed by atoms with Crippen molar-refractivity contribution in [1.82, 2.24) is 9.97 Å². The van der Waals surface area contributed by atoms with Gasteiger partial charge in [-0.15, -0.1) is 0 Å². The minimum absolute atomic E-state index is 0.267. The van der Waals surface area contributed by atoms with E-state index in [4.69, 9.17) is 5.11 Å². The highest BCUT2D eigenvalue weighted by atomic mass is 16.4. The number of aromatic carboxylic acids is 1. The Morgan fingerprint density at radius 3 is 2.67 bits per heavy atom. The summed E-state index contributed by atoms with van der Waals surface area (Å²) in [6.45, 7) is 0. The smallest absolute Gasteiger partial charge is 0.335 e. The fourth-order valence-electron chi connectivity index (χ4n) is 1.80. The van der Waals surface area contributed by atoms with Gasteiger partial charge >= 0.3 is 5.97 Å². The van der Waals surface area contributed by atoms with Crippen LogP contribution in [-0.4, -0.2) is 21.0 Å². The Bertz CT molecular complexity index is 681. The Hall–Kier alpha value is -2.62. The van der Waals surface area contributed by atoms with Crippen LogP contribution in [0.3, 0.4) is 0 Å². The summed E-state index contributed by atoms with van der Waals surface area (Å²) in [5.41, 5.74) is 2.90. The zero-order valence-electron chi connectivity index (χ0n) is 9.34. The van der Waals surface area contributed by atoms with Crippen molar-refractivity contribution in [3.05, 3.63) is 54.1 Å². The summed E-state index contributed by atoms with van der Waals surface area (Å²) in [6, 6.07) is 15.1. The molecule has 0 saturated heterocycles. The number of nitrogens with zero attached hydrogens (tertiary/aromatic N) is 1. The van der Waals surface area contributed by atoms with E-state index in [9.17, 15) is 4.79 Å². The van der Waals surface area contributed by atoms with Crippen molar-refractivity contribution < 1.29 is 9.90 Å². The van der Waals surface area contributed by atoms with Crippen molar-refractivity contribution in [3.8, 4) is 11.4 Å². The third-order valence-corrected chi connectivity index (χ3v) is 2.73. The molecule has 1 heterocycles. The molecule has 0 atom stereocenters. The van der Waals surface area contributed by atoms with E-state index in [1.807, 2.05) is 12.1 Å². The van der Waals surface area contributed by atoms with Gasteiger partial charge < -0.3 is 10.1 Å². The van der Waals surface area contributed by atoms with Gasteiger partial charge in [-0.05, 0) is 30.3 Å². The van der Waals surface area contributed by atoms with E-state index in [2.05, 4.69) is 16.0 Å². The first-order valence-corrected chi connectivity index (χ1v) is 5.43. The van der Waals surface area contributed by atoms with Crippen LogP contribution < -0.4 is 0 Å². The lowest BCUT2D eigenvalue weighted by Crippen LogP contribution is -1.95. The van der Waals surface area contributed by atoms with Crippen molar-refractivity contribution >= 4 is 17.0 Å². The average Bonchev–Trinajstić information content (AvgIpc) is 2.82. The highest BCUT2D eigenvalue weighted by Crippen LogP contribution is 2.20. The molecule has 4 heteroatoms. The number of nitrogens with one attached hydrogen (secondary N) is 1. The van der Waals surface area contributed by atoms with Crippen LogP contribution in [0.15, 0.2) is 42.5 Å². The minimum atomic E-state index is -0.930. The third-order valence-electron chi connectivity index (χ3n) is 2.73. The molecule has 0 aliphatic carbocycles. The van der Waals surface area contributed by atoms with Crippen molar-refractivity contribution in [2.75, 3.05) is 0 Å². The molecule has 18 heavy (non-hydrogen) atoms. The SMILES string of the molecule is O=C(O)c1ccc(-c2nc3c[c]ccc3[nH]2)cc1. The predicted octanol–water partition coefficient (Wildman–Crippen LogP) is 2.73. The summed E-state index contributed by atoms with van der Waals surface area (Å²) in [5, 5.41) is 8.83. The Kier molecular flexibility index (Phi) is 2.34. The zero-order valence-corrected chi connectivity index (χ0v) is 9.34. The number of rotatable bonds is 2. The molecular formula is C14H9N2O2. The Labute approximate surface area is 103 Å². The lowest BCUT2D eigenvalue weighted by Gasteiger charge is -1.97. The molecular weight excluding hydrogens is 228 g/mol. The van der Waals surface area contributed by atoms with Crippen LogP contribution in [0, 0.1) is 6.07 Å². The first-order chi connectivity index (χ1) is 8.74. The van der Waals surface area contributed by atoms with Gasteiger partial charge in [0, 0.05) is 5.56 Å². The van der Waals surface area contributed by atoms with Crippen molar-refractivity contribution in [2.45, 2.75) is 0 Å². The van der Waals surface area contributed by atoms with Crippen LogP contribution in [0.2, 0.25) is 0 Å². The molecule has 0 saturated carbocycles. The summed E-state index contributed by atoms with van der Waals surface area (Å²) in [5.74, 6) is -0.206. The lowest BCUT2D eigenvalue weighted by molar-refractivity contribution is 0.0697. The van der Waals surface area contributed by atoms with Crippen molar-refractivity contribution in [2.24, 2.45) is 0 Å². The van der Waals surface area contributed by atoms with E-state index in [0.29, 0.717) is 0 Å². The topological polar surface area (TPSA) is 66.0 Å². The number of hydrogen-bond donors (Lipinski definition) is 2. The summed E-state index contributed by atoms with van der Waals surface area (Å²) >= 11 is 0. The summed E-state index contributed by atoms with van der Waals surface area (Å²) in [6.07, 6.45) is 0. The van der Waals surface area contributed by atoms with E-state index in [-0.39, 0.29) is 5.56 Å². The summed E-state index contributed by atoms with van der Waals surface area (Å²) in [4.78, 5) is 18.4. The Morgan fingerprint density at radius 2 is 2.00 bits per heavy atom. The molecule has 0 amide bonds. The molecule has 0 bridgehead atoms. The molecule has 2 N–H and O–H groups in total. The fourth-order valence-corrected chi connectivity index (χ4v) is 1.80. The second kappa shape index (κ2) is 4.00. The highest BCUT2D eigenvalue weighted by Gasteiger charge is 2.06. The van der Waals surface area contributed by atoms with E-state index in [0.717, 1.165) is 22.4 Å². The van der Waals surface area contributed by atoms with E-state index in [1.165, 1.54) is 0 Å². The number of hydrogen-bond acceptors (Lipinski definition) is 2.